The van der Waals surface area contributed by atoms with Crippen LogP contribution in [-0.4, -0.2) is 13.6 Å². The van der Waals surface area contributed by atoms with Crippen LogP contribution in [0, 0.1) is 0 Å². The van der Waals surface area contributed by atoms with Crippen molar-refractivity contribution in [2.24, 2.45) is 0 Å². The number of benzene rings is 2. The van der Waals surface area contributed by atoms with Gasteiger partial charge in [0.1, 0.15) is 0 Å². The van der Waals surface area contributed by atoms with Crippen LogP contribution in [-0.2, 0) is 23.4 Å². The zero-order chi connectivity index (χ0) is 16.9. The largest absolute Gasteiger partial charge is 0.372 e. The van der Waals surface area contributed by atoms with Crippen LogP contribution in [0.25, 0.3) is 0 Å². The lowest BCUT2D eigenvalue weighted by atomic mass is 9.83. The summed E-state index contributed by atoms with van der Waals surface area (Å²) in [6, 6.07) is 16.0. The van der Waals surface area contributed by atoms with Crippen molar-refractivity contribution in [3.63, 3.8) is 0 Å². The number of carbonyl (C=O) groups is 1. The standard InChI is InChI=1S/C20H23BO2/c1-20(2,3)18-10-16(9-17(11-18)19(22)12-21)14-23-13-15-7-5-4-6-8-15/h4-11H,12-14H2,1-3H3. The third kappa shape index (κ3) is 5.07. The number of ether oxygens (including phenoxy) is 1. The number of hydrogen-bond donors (Lipinski definition) is 0. The average Bonchev–Trinajstić information content (AvgIpc) is 2.54. The summed E-state index contributed by atoms with van der Waals surface area (Å²) in [6.45, 7) is 7.43. The second kappa shape index (κ2) is 7.61. The Hall–Kier alpha value is -1.87. The summed E-state index contributed by atoms with van der Waals surface area (Å²) in [4.78, 5) is 12.0. The van der Waals surface area contributed by atoms with E-state index in [1.165, 1.54) is 0 Å². The molecular weight excluding hydrogens is 283 g/mol. The summed E-state index contributed by atoms with van der Waals surface area (Å²) in [5.74, 6) is -0.0413. The van der Waals surface area contributed by atoms with Gasteiger partial charge in [-0.15, -0.1) is 0 Å². The van der Waals surface area contributed by atoms with Gasteiger partial charge < -0.3 is 4.74 Å². The minimum absolute atomic E-state index is 0.0257. The lowest BCUT2D eigenvalue weighted by Crippen LogP contribution is -2.13. The molecule has 0 saturated carbocycles. The molecule has 0 aromatic heterocycles. The first-order valence-electron chi connectivity index (χ1n) is 7.89. The number of Topliss-reactive ketones (excluding diaryl/α,β-unsaturated/α-hetero) is 1. The highest BCUT2D eigenvalue weighted by Gasteiger charge is 2.17. The highest BCUT2D eigenvalue weighted by Crippen LogP contribution is 2.25. The van der Waals surface area contributed by atoms with E-state index in [-0.39, 0.29) is 17.5 Å². The molecule has 3 heteroatoms. The van der Waals surface area contributed by atoms with Gasteiger partial charge in [-0.05, 0) is 40.6 Å². The van der Waals surface area contributed by atoms with Crippen molar-refractivity contribution in [1.82, 2.24) is 0 Å². The van der Waals surface area contributed by atoms with Crippen molar-refractivity contribution < 1.29 is 9.53 Å². The maximum atomic E-state index is 12.0. The van der Waals surface area contributed by atoms with E-state index in [0.717, 1.165) is 16.7 Å². The second-order valence-corrected chi connectivity index (χ2v) is 6.77. The molecule has 0 aliphatic heterocycles. The number of ketones is 1. The number of hydrogen-bond acceptors (Lipinski definition) is 2. The minimum Gasteiger partial charge on any atom is -0.372 e. The maximum absolute atomic E-state index is 12.0. The van der Waals surface area contributed by atoms with E-state index in [9.17, 15) is 4.79 Å². The molecule has 0 aliphatic rings. The van der Waals surface area contributed by atoms with Gasteiger partial charge >= 0.3 is 0 Å². The Morgan fingerprint density at radius 3 is 2.26 bits per heavy atom. The van der Waals surface area contributed by atoms with Gasteiger partial charge in [0, 0.05) is 5.56 Å². The van der Waals surface area contributed by atoms with E-state index < -0.39 is 0 Å². The van der Waals surface area contributed by atoms with Crippen molar-refractivity contribution in [3.8, 4) is 0 Å². The van der Waals surface area contributed by atoms with Gasteiger partial charge in [-0.3, -0.25) is 4.79 Å². The first-order chi connectivity index (χ1) is 10.9. The lowest BCUT2D eigenvalue weighted by Gasteiger charge is -2.21. The van der Waals surface area contributed by atoms with Crippen LogP contribution >= 0.6 is 0 Å². The predicted octanol–water partition coefficient (Wildman–Crippen LogP) is 4.47. The Morgan fingerprint density at radius 2 is 1.65 bits per heavy atom. The van der Waals surface area contributed by atoms with Crippen molar-refractivity contribution in [2.75, 3.05) is 0 Å². The average molecular weight is 306 g/mol. The molecule has 2 aromatic rings. The van der Waals surface area contributed by atoms with Crippen molar-refractivity contribution >= 4 is 13.6 Å². The fourth-order valence-electron chi connectivity index (χ4n) is 2.35. The summed E-state index contributed by atoms with van der Waals surface area (Å²) in [5, 5.41) is 0. The Morgan fingerprint density at radius 1 is 1.00 bits per heavy atom. The van der Waals surface area contributed by atoms with Gasteiger partial charge in [0.15, 0.2) is 5.78 Å². The Bertz CT molecular complexity index is 657. The molecule has 0 bridgehead atoms. The molecule has 0 atom stereocenters. The van der Waals surface area contributed by atoms with E-state index in [1.807, 2.05) is 42.5 Å². The first kappa shape index (κ1) is 17.5. The molecule has 2 rings (SSSR count). The maximum Gasteiger partial charge on any atom is 0.154 e. The third-order valence-electron chi connectivity index (χ3n) is 3.75. The normalized spacial score (nSPS) is 11.4. The van der Waals surface area contributed by atoms with Crippen LogP contribution in [0.5, 0.6) is 0 Å². The van der Waals surface area contributed by atoms with Gasteiger partial charge in [-0.2, -0.15) is 0 Å². The van der Waals surface area contributed by atoms with Crippen LogP contribution in [0.1, 0.15) is 47.8 Å². The topological polar surface area (TPSA) is 26.3 Å². The SMILES string of the molecule is [B]CC(=O)c1cc(COCc2ccccc2)cc(C(C)(C)C)c1. The number of rotatable bonds is 6. The van der Waals surface area contributed by atoms with E-state index in [0.29, 0.717) is 18.8 Å². The van der Waals surface area contributed by atoms with Gasteiger partial charge in [-0.1, -0.05) is 57.2 Å². The molecule has 23 heavy (non-hydrogen) atoms. The molecule has 118 valence electrons. The third-order valence-corrected chi connectivity index (χ3v) is 3.75. The summed E-state index contributed by atoms with van der Waals surface area (Å²) >= 11 is 0. The Balaban J connectivity index is 2.15. The quantitative estimate of drug-likeness (QED) is 0.581. The molecule has 0 fully saturated rings. The molecule has 2 nitrogen and oxygen atoms in total. The molecule has 0 N–H and O–H groups in total. The van der Waals surface area contributed by atoms with Crippen LogP contribution in [0.15, 0.2) is 48.5 Å². The number of carbonyl (C=O) groups excluding carboxylic acids is 1. The summed E-state index contributed by atoms with van der Waals surface area (Å²) in [7, 11) is 5.51. The highest BCUT2D eigenvalue weighted by molar-refractivity contribution is 6.24. The lowest BCUT2D eigenvalue weighted by molar-refractivity contribution is 0.101. The van der Waals surface area contributed by atoms with Gasteiger partial charge in [0.2, 0.25) is 0 Å². The van der Waals surface area contributed by atoms with Crippen LogP contribution in [0.2, 0.25) is 6.32 Å². The molecule has 0 saturated heterocycles. The van der Waals surface area contributed by atoms with Gasteiger partial charge in [0.25, 0.3) is 0 Å². The van der Waals surface area contributed by atoms with E-state index in [1.54, 1.807) is 0 Å². The first-order valence-corrected chi connectivity index (χ1v) is 7.89. The van der Waals surface area contributed by atoms with E-state index in [4.69, 9.17) is 12.6 Å². The van der Waals surface area contributed by atoms with Crippen molar-refractivity contribution in [3.05, 3.63) is 70.8 Å². The highest BCUT2D eigenvalue weighted by atomic mass is 16.5. The molecule has 0 spiro atoms. The molecule has 0 unspecified atom stereocenters. The Labute approximate surface area is 140 Å². The minimum atomic E-state index is -0.0413. The fourth-order valence-corrected chi connectivity index (χ4v) is 2.35. The van der Waals surface area contributed by atoms with Crippen molar-refractivity contribution in [1.29, 1.82) is 0 Å². The summed E-state index contributed by atoms with van der Waals surface area (Å²) in [5.41, 5.74) is 3.90. The zero-order valence-corrected chi connectivity index (χ0v) is 14.1. The smallest absolute Gasteiger partial charge is 0.154 e. The second-order valence-electron chi connectivity index (χ2n) is 6.77. The van der Waals surface area contributed by atoms with Crippen LogP contribution in [0.4, 0.5) is 0 Å². The van der Waals surface area contributed by atoms with E-state index in [2.05, 4.69) is 26.8 Å². The molecule has 0 aliphatic carbocycles. The predicted molar refractivity (Wildman–Crippen MR) is 95.0 cm³/mol. The summed E-state index contributed by atoms with van der Waals surface area (Å²) < 4.78 is 5.80. The molecule has 0 heterocycles. The van der Waals surface area contributed by atoms with Gasteiger partial charge in [-0.25, -0.2) is 0 Å². The van der Waals surface area contributed by atoms with Gasteiger partial charge in [0.05, 0.1) is 21.1 Å². The van der Waals surface area contributed by atoms with Crippen LogP contribution < -0.4 is 0 Å². The van der Waals surface area contributed by atoms with Crippen molar-refractivity contribution in [2.45, 2.75) is 45.7 Å². The molecule has 2 radical (unpaired) electrons. The van der Waals surface area contributed by atoms with Crippen LogP contribution in [0.3, 0.4) is 0 Å². The zero-order valence-electron chi connectivity index (χ0n) is 14.1. The monoisotopic (exact) mass is 306 g/mol. The molecule has 2 aromatic carbocycles. The summed E-state index contributed by atoms with van der Waals surface area (Å²) in [6.07, 6.45) is 0.0257. The molecular formula is C20H23BO2. The van der Waals surface area contributed by atoms with E-state index >= 15 is 0 Å². The Kier molecular flexibility index (Phi) is 5.78. The fraction of sp³-hybridized carbons (Fsp3) is 0.350. The molecule has 0 amide bonds.